The number of anilines is 2. The lowest BCUT2D eigenvalue weighted by Gasteiger charge is -2.25. The molecular formula is C19H24N2O. The van der Waals surface area contributed by atoms with Crippen LogP contribution in [0.15, 0.2) is 30.4 Å². The van der Waals surface area contributed by atoms with Crippen LogP contribution in [0.1, 0.15) is 32.8 Å². The Hall–Kier alpha value is -2.21. The van der Waals surface area contributed by atoms with E-state index in [0.717, 1.165) is 18.7 Å². The summed E-state index contributed by atoms with van der Waals surface area (Å²) in [5.74, 6) is 6.37. The fourth-order valence-electron chi connectivity index (χ4n) is 2.39. The first-order valence-corrected chi connectivity index (χ1v) is 7.67. The second-order valence-electron chi connectivity index (χ2n) is 6.65. The summed E-state index contributed by atoms with van der Waals surface area (Å²) in [5.41, 5.74) is 3.37. The number of benzene rings is 1. The van der Waals surface area contributed by atoms with Gasteiger partial charge in [-0.3, -0.25) is 4.79 Å². The Kier molecular flexibility index (Phi) is 4.92. The van der Waals surface area contributed by atoms with E-state index in [1.54, 1.807) is 0 Å². The summed E-state index contributed by atoms with van der Waals surface area (Å²) < 4.78 is 0. The molecule has 1 aromatic rings. The molecule has 0 aromatic heterocycles. The number of hydrogen-bond donors (Lipinski definition) is 1. The number of nitrogens with one attached hydrogen (secondary N) is 1. The molecule has 3 nitrogen and oxygen atoms in total. The minimum atomic E-state index is 0.0347. The molecule has 1 aliphatic rings. The third kappa shape index (κ3) is 4.39. The Morgan fingerprint density at radius 3 is 2.82 bits per heavy atom. The average Bonchev–Trinajstić information content (AvgIpc) is 2.44. The molecule has 2 rings (SSSR count). The summed E-state index contributed by atoms with van der Waals surface area (Å²) in [6.07, 6.45) is 5.35. The van der Waals surface area contributed by atoms with E-state index in [9.17, 15) is 4.79 Å². The normalized spacial score (nSPS) is 14.1. The highest BCUT2D eigenvalue weighted by molar-refractivity contribution is 5.95. The smallest absolute Gasteiger partial charge is 0.224 e. The average molecular weight is 296 g/mol. The van der Waals surface area contributed by atoms with E-state index < -0.39 is 0 Å². The van der Waals surface area contributed by atoms with Crippen LogP contribution in [0.4, 0.5) is 11.4 Å². The molecule has 3 heteroatoms. The summed E-state index contributed by atoms with van der Waals surface area (Å²) >= 11 is 0. The minimum Gasteiger partial charge on any atom is -0.371 e. The molecule has 0 unspecified atom stereocenters. The maximum Gasteiger partial charge on any atom is 0.224 e. The van der Waals surface area contributed by atoms with Crippen LogP contribution in [0, 0.1) is 17.3 Å². The van der Waals surface area contributed by atoms with Crippen LogP contribution in [-0.4, -0.2) is 19.5 Å². The molecule has 1 N–H and O–H groups in total. The molecule has 1 aromatic carbocycles. The van der Waals surface area contributed by atoms with Gasteiger partial charge in [0.05, 0.1) is 0 Å². The molecule has 1 aliphatic heterocycles. The van der Waals surface area contributed by atoms with E-state index in [1.165, 1.54) is 11.3 Å². The topological polar surface area (TPSA) is 32.3 Å². The molecular weight excluding hydrogens is 272 g/mol. The van der Waals surface area contributed by atoms with Gasteiger partial charge in [-0.2, -0.15) is 0 Å². The Bertz CT molecular complexity index is 642. The van der Waals surface area contributed by atoms with Gasteiger partial charge in [-0.25, -0.2) is 0 Å². The molecule has 0 atom stereocenters. The van der Waals surface area contributed by atoms with Crippen molar-refractivity contribution in [3.05, 3.63) is 35.9 Å². The molecule has 116 valence electrons. The van der Waals surface area contributed by atoms with E-state index in [4.69, 9.17) is 0 Å². The fraction of sp³-hybridized carbons (Fsp3) is 0.421. The third-order valence-electron chi connectivity index (χ3n) is 3.47. The van der Waals surface area contributed by atoms with E-state index in [-0.39, 0.29) is 11.3 Å². The van der Waals surface area contributed by atoms with Gasteiger partial charge in [-0.1, -0.05) is 24.0 Å². The Balaban J connectivity index is 2.06. The summed E-state index contributed by atoms with van der Waals surface area (Å²) in [6.45, 7) is 7.10. The van der Waals surface area contributed by atoms with Crippen molar-refractivity contribution in [1.29, 1.82) is 0 Å². The van der Waals surface area contributed by atoms with Gasteiger partial charge in [0.1, 0.15) is 0 Å². The lowest BCUT2D eigenvalue weighted by molar-refractivity contribution is -0.116. The van der Waals surface area contributed by atoms with Crippen molar-refractivity contribution >= 4 is 17.3 Å². The fourth-order valence-corrected chi connectivity index (χ4v) is 2.39. The quantitative estimate of drug-likeness (QED) is 0.864. The Morgan fingerprint density at radius 1 is 1.32 bits per heavy atom. The van der Waals surface area contributed by atoms with E-state index in [1.807, 2.05) is 18.2 Å². The van der Waals surface area contributed by atoms with Crippen molar-refractivity contribution in [3.8, 4) is 11.8 Å². The number of fused-ring (bicyclic) bond motifs is 1. The number of amides is 1. The molecule has 0 aliphatic carbocycles. The van der Waals surface area contributed by atoms with Gasteiger partial charge in [0.25, 0.3) is 0 Å². The highest BCUT2D eigenvalue weighted by Crippen LogP contribution is 2.31. The summed E-state index contributed by atoms with van der Waals surface area (Å²) in [7, 11) is 2.06. The predicted molar refractivity (Wildman–Crippen MR) is 93.0 cm³/mol. The second kappa shape index (κ2) is 6.70. The summed E-state index contributed by atoms with van der Waals surface area (Å²) in [4.78, 5) is 13.7. The number of nitrogens with zero attached hydrogens (tertiary/aromatic N) is 1. The van der Waals surface area contributed by atoms with Crippen molar-refractivity contribution in [2.75, 3.05) is 23.8 Å². The van der Waals surface area contributed by atoms with Crippen molar-refractivity contribution in [3.63, 3.8) is 0 Å². The number of carbonyl (C=O) groups is 1. The van der Waals surface area contributed by atoms with Gasteiger partial charge in [-0.15, -0.1) is 0 Å². The monoisotopic (exact) mass is 296 g/mol. The van der Waals surface area contributed by atoms with Gasteiger partial charge in [0.15, 0.2) is 0 Å². The zero-order valence-corrected chi connectivity index (χ0v) is 13.9. The van der Waals surface area contributed by atoms with Crippen molar-refractivity contribution < 1.29 is 4.79 Å². The molecule has 0 saturated carbocycles. The van der Waals surface area contributed by atoms with Crippen LogP contribution in [0.5, 0.6) is 0 Å². The maximum absolute atomic E-state index is 11.5. The number of carbonyl (C=O) groups excluding carboxylic acids is 1. The van der Waals surface area contributed by atoms with E-state index in [0.29, 0.717) is 6.42 Å². The van der Waals surface area contributed by atoms with Crippen LogP contribution in [0.25, 0.3) is 0 Å². The molecule has 0 radical (unpaired) electrons. The SMILES string of the molecule is CN(C/C=C/C#CC(C)(C)C)c1cccc2c1CCC(=O)N2. The minimum absolute atomic E-state index is 0.0347. The summed E-state index contributed by atoms with van der Waals surface area (Å²) in [6, 6.07) is 6.05. The van der Waals surface area contributed by atoms with Crippen molar-refractivity contribution in [1.82, 2.24) is 0 Å². The van der Waals surface area contributed by atoms with Crippen LogP contribution in [0.2, 0.25) is 0 Å². The first-order valence-electron chi connectivity index (χ1n) is 7.67. The zero-order chi connectivity index (χ0) is 16.2. The van der Waals surface area contributed by atoms with Crippen LogP contribution < -0.4 is 10.2 Å². The highest BCUT2D eigenvalue weighted by Gasteiger charge is 2.18. The number of allylic oxidation sites excluding steroid dienone is 1. The zero-order valence-electron chi connectivity index (χ0n) is 13.9. The van der Waals surface area contributed by atoms with E-state index >= 15 is 0 Å². The summed E-state index contributed by atoms with van der Waals surface area (Å²) in [5, 5.41) is 2.94. The number of hydrogen-bond acceptors (Lipinski definition) is 2. The molecule has 0 fully saturated rings. The van der Waals surface area contributed by atoms with Gasteiger partial charge in [-0.05, 0) is 51.0 Å². The standard InChI is InChI=1S/C19H24N2O/c1-19(2,3)13-6-5-7-14-21(4)17-10-8-9-16-15(17)11-12-18(22)20-16/h5,7-10H,11-12,14H2,1-4H3,(H,20,22)/b7-5+. The van der Waals surface area contributed by atoms with Crippen molar-refractivity contribution in [2.24, 2.45) is 5.41 Å². The lowest BCUT2D eigenvalue weighted by Crippen LogP contribution is -2.24. The van der Waals surface area contributed by atoms with Gasteiger partial charge in [0.2, 0.25) is 5.91 Å². The predicted octanol–water partition coefficient (Wildman–Crippen LogP) is 3.61. The van der Waals surface area contributed by atoms with Crippen molar-refractivity contribution in [2.45, 2.75) is 33.6 Å². The lowest BCUT2D eigenvalue weighted by atomic mass is 9.98. The van der Waals surface area contributed by atoms with Gasteiger partial charge < -0.3 is 10.2 Å². The van der Waals surface area contributed by atoms with Crippen LogP contribution in [0.3, 0.4) is 0 Å². The van der Waals surface area contributed by atoms with E-state index in [2.05, 4.69) is 62.0 Å². The van der Waals surface area contributed by atoms with Gasteiger partial charge in [0, 0.05) is 36.8 Å². The largest absolute Gasteiger partial charge is 0.371 e. The molecule has 0 saturated heterocycles. The maximum atomic E-state index is 11.5. The molecule has 1 amide bonds. The Morgan fingerprint density at radius 2 is 2.09 bits per heavy atom. The third-order valence-corrected chi connectivity index (χ3v) is 3.47. The van der Waals surface area contributed by atoms with Crippen LogP contribution in [-0.2, 0) is 11.2 Å². The van der Waals surface area contributed by atoms with Gasteiger partial charge >= 0.3 is 0 Å². The highest BCUT2D eigenvalue weighted by atomic mass is 16.1. The molecule has 1 heterocycles. The second-order valence-corrected chi connectivity index (χ2v) is 6.65. The number of likely N-dealkylation sites (N-methyl/N-ethyl adjacent to an activating group) is 1. The molecule has 0 spiro atoms. The van der Waals surface area contributed by atoms with Crippen LogP contribution >= 0.6 is 0 Å². The Labute approximate surface area is 133 Å². The first kappa shape index (κ1) is 16.2. The number of rotatable bonds is 3. The molecule has 0 bridgehead atoms. The first-order chi connectivity index (χ1) is 10.4. The molecule has 22 heavy (non-hydrogen) atoms.